The van der Waals surface area contributed by atoms with Gasteiger partial charge in [-0.2, -0.15) is 23.3 Å². The Labute approximate surface area is 193 Å². The molecular formula is C24H22F3N5O2. The monoisotopic (exact) mass is 469 g/mol. The number of hydrogen-bond donors (Lipinski definition) is 0. The Kier molecular flexibility index (Phi) is 6.49. The van der Waals surface area contributed by atoms with Crippen molar-refractivity contribution in [1.82, 2.24) is 19.6 Å². The second-order valence-corrected chi connectivity index (χ2v) is 8.00. The molecule has 0 aliphatic heterocycles. The lowest BCUT2D eigenvalue weighted by atomic mass is 10.0. The fourth-order valence-corrected chi connectivity index (χ4v) is 3.34. The van der Waals surface area contributed by atoms with Gasteiger partial charge in [0, 0.05) is 33.1 Å². The van der Waals surface area contributed by atoms with Crippen LogP contribution < -0.4 is 9.64 Å². The predicted molar refractivity (Wildman–Crippen MR) is 120 cm³/mol. The summed E-state index contributed by atoms with van der Waals surface area (Å²) in [6, 6.07) is 11.3. The number of ether oxygens (including phenoxy) is 1. The van der Waals surface area contributed by atoms with Crippen molar-refractivity contribution in [3.8, 4) is 11.6 Å². The van der Waals surface area contributed by atoms with Crippen LogP contribution in [-0.2, 0) is 23.8 Å². The minimum Gasteiger partial charge on any atom is -0.437 e. The second kappa shape index (κ2) is 9.50. The van der Waals surface area contributed by atoms with E-state index >= 15 is 0 Å². The lowest BCUT2D eigenvalue weighted by molar-refractivity contribution is -0.141. The maximum absolute atomic E-state index is 12.6. The van der Waals surface area contributed by atoms with Crippen LogP contribution in [0, 0.1) is 0 Å². The van der Waals surface area contributed by atoms with Crippen molar-refractivity contribution in [3.63, 3.8) is 0 Å². The van der Waals surface area contributed by atoms with Crippen molar-refractivity contribution in [3.05, 3.63) is 78.0 Å². The molecule has 0 unspecified atom stereocenters. The van der Waals surface area contributed by atoms with Gasteiger partial charge in [0.15, 0.2) is 0 Å². The molecule has 0 N–H and O–H groups in total. The fraction of sp³-hybridized carbons (Fsp3) is 0.250. The molecule has 0 saturated carbocycles. The summed E-state index contributed by atoms with van der Waals surface area (Å²) in [5.74, 6) is 0.966. The highest BCUT2D eigenvalue weighted by atomic mass is 19.4. The van der Waals surface area contributed by atoms with E-state index in [1.54, 1.807) is 28.8 Å². The molecule has 0 saturated heterocycles. The van der Waals surface area contributed by atoms with Gasteiger partial charge in [0.05, 0.1) is 11.9 Å². The van der Waals surface area contributed by atoms with Gasteiger partial charge in [-0.25, -0.2) is 4.52 Å². The molecule has 34 heavy (non-hydrogen) atoms. The number of nitrogens with zero attached hydrogens (tertiary/aromatic N) is 5. The number of Topliss-reactive ketones (excluding diaryl/α,β-unsaturated/α-hetero) is 1. The fourth-order valence-electron chi connectivity index (χ4n) is 3.34. The maximum atomic E-state index is 12.6. The smallest absolute Gasteiger partial charge is 0.433 e. The van der Waals surface area contributed by atoms with Crippen molar-refractivity contribution in [1.29, 1.82) is 0 Å². The molecule has 0 atom stereocenters. The first-order valence-corrected chi connectivity index (χ1v) is 10.5. The number of halogens is 3. The van der Waals surface area contributed by atoms with E-state index in [1.165, 1.54) is 18.6 Å². The Morgan fingerprint density at radius 1 is 1.06 bits per heavy atom. The summed E-state index contributed by atoms with van der Waals surface area (Å²) in [5.41, 5.74) is 2.15. The van der Waals surface area contributed by atoms with E-state index in [9.17, 15) is 18.0 Å². The molecule has 4 rings (SSSR count). The molecule has 0 amide bonds. The zero-order chi connectivity index (χ0) is 24.3. The number of pyridine rings is 1. The number of carbonyl (C=O) groups excluding carboxylic acids is 1. The average molecular weight is 469 g/mol. The maximum Gasteiger partial charge on any atom is 0.433 e. The average Bonchev–Trinajstić information content (AvgIpc) is 3.25. The SMILES string of the molecule is CN(C)c1cc2c(Oc3ccc(CC(=O)CCc4ccc(C(F)(F)F)nc4)cc3)ncnn2c1. The molecule has 0 radical (unpaired) electrons. The van der Waals surface area contributed by atoms with Gasteiger partial charge >= 0.3 is 6.18 Å². The minimum absolute atomic E-state index is 0.0181. The highest BCUT2D eigenvalue weighted by molar-refractivity contribution is 5.81. The third kappa shape index (κ3) is 5.51. The Hall–Kier alpha value is -3.95. The van der Waals surface area contributed by atoms with E-state index in [1.807, 2.05) is 31.3 Å². The molecule has 3 heterocycles. The summed E-state index contributed by atoms with van der Waals surface area (Å²) >= 11 is 0. The van der Waals surface area contributed by atoms with Gasteiger partial charge in [0.2, 0.25) is 5.88 Å². The number of hydrogen-bond acceptors (Lipinski definition) is 6. The van der Waals surface area contributed by atoms with Crippen LogP contribution in [0.2, 0.25) is 0 Å². The van der Waals surface area contributed by atoms with Gasteiger partial charge in [0.25, 0.3) is 0 Å². The Morgan fingerprint density at radius 3 is 2.44 bits per heavy atom. The van der Waals surface area contributed by atoms with Crippen LogP contribution >= 0.6 is 0 Å². The number of ketones is 1. The number of aromatic nitrogens is 4. The minimum atomic E-state index is -4.47. The van der Waals surface area contributed by atoms with Crippen LogP contribution in [-0.4, -0.2) is 39.5 Å². The summed E-state index contributed by atoms with van der Waals surface area (Å²) in [7, 11) is 3.87. The molecule has 10 heteroatoms. The molecule has 3 aromatic heterocycles. The molecule has 0 aliphatic carbocycles. The normalized spacial score (nSPS) is 11.6. The van der Waals surface area contributed by atoms with Crippen molar-refractivity contribution < 1.29 is 22.7 Å². The molecular weight excluding hydrogens is 447 g/mol. The summed E-state index contributed by atoms with van der Waals surface area (Å²) in [6.07, 6.45) is 0.755. The van der Waals surface area contributed by atoms with E-state index in [-0.39, 0.29) is 18.6 Å². The number of rotatable bonds is 8. The van der Waals surface area contributed by atoms with Gasteiger partial charge in [-0.05, 0) is 41.8 Å². The molecule has 0 bridgehead atoms. The van der Waals surface area contributed by atoms with Crippen LogP contribution in [0.5, 0.6) is 11.6 Å². The second-order valence-electron chi connectivity index (χ2n) is 8.00. The van der Waals surface area contributed by atoms with E-state index in [2.05, 4.69) is 15.1 Å². The number of fused-ring (bicyclic) bond motifs is 1. The van der Waals surface area contributed by atoms with Gasteiger partial charge in [-0.1, -0.05) is 18.2 Å². The quantitative estimate of drug-likeness (QED) is 0.371. The summed E-state index contributed by atoms with van der Waals surface area (Å²) in [5, 5.41) is 4.20. The Morgan fingerprint density at radius 2 is 1.79 bits per heavy atom. The summed E-state index contributed by atoms with van der Waals surface area (Å²) in [4.78, 5) is 21.9. The lowest BCUT2D eigenvalue weighted by Gasteiger charge is -2.08. The van der Waals surface area contributed by atoms with Gasteiger partial charge in [-0.15, -0.1) is 0 Å². The summed E-state index contributed by atoms with van der Waals surface area (Å²) in [6.45, 7) is 0. The van der Waals surface area contributed by atoms with Crippen LogP contribution in [0.25, 0.3) is 5.52 Å². The van der Waals surface area contributed by atoms with Crippen LogP contribution in [0.3, 0.4) is 0 Å². The van der Waals surface area contributed by atoms with E-state index in [0.717, 1.165) is 22.8 Å². The first-order chi connectivity index (χ1) is 16.2. The number of anilines is 1. The van der Waals surface area contributed by atoms with Gasteiger partial charge in [-0.3, -0.25) is 9.78 Å². The van der Waals surface area contributed by atoms with Gasteiger partial charge in [0.1, 0.15) is 29.1 Å². The highest BCUT2D eigenvalue weighted by Gasteiger charge is 2.31. The third-order valence-electron chi connectivity index (χ3n) is 5.22. The molecule has 176 valence electrons. The number of benzene rings is 1. The largest absolute Gasteiger partial charge is 0.437 e. The van der Waals surface area contributed by atoms with E-state index in [4.69, 9.17) is 4.74 Å². The zero-order valence-electron chi connectivity index (χ0n) is 18.6. The number of alkyl halides is 3. The molecule has 4 aromatic rings. The van der Waals surface area contributed by atoms with Gasteiger partial charge < -0.3 is 9.64 Å². The molecule has 1 aromatic carbocycles. The number of carbonyl (C=O) groups is 1. The van der Waals surface area contributed by atoms with Crippen molar-refractivity contribution >= 4 is 17.0 Å². The predicted octanol–water partition coefficient (Wildman–Crippen LogP) is 4.75. The van der Waals surface area contributed by atoms with Crippen molar-refractivity contribution in [2.45, 2.75) is 25.4 Å². The van der Waals surface area contributed by atoms with E-state index in [0.29, 0.717) is 23.6 Å². The lowest BCUT2D eigenvalue weighted by Crippen LogP contribution is -2.08. The topological polar surface area (TPSA) is 72.6 Å². The first-order valence-electron chi connectivity index (χ1n) is 10.5. The molecule has 0 fully saturated rings. The highest BCUT2D eigenvalue weighted by Crippen LogP contribution is 2.28. The van der Waals surface area contributed by atoms with Crippen LogP contribution in [0.4, 0.5) is 18.9 Å². The van der Waals surface area contributed by atoms with Crippen LogP contribution in [0.1, 0.15) is 23.2 Å². The zero-order valence-corrected chi connectivity index (χ0v) is 18.6. The first kappa shape index (κ1) is 23.2. The molecule has 0 aliphatic rings. The Balaban J connectivity index is 1.34. The molecule has 7 nitrogen and oxygen atoms in total. The summed E-state index contributed by atoms with van der Waals surface area (Å²) < 4.78 is 45.4. The third-order valence-corrected chi connectivity index (χ3v) is 5.22. The number of aryl methyl sites for hydroxylation is 1. The van der Waals surface area contributed by atoms with E-state index < -0.39 is 11.9 Å². The molecule has 0 spiro atoms. The van der Waals surface area contributed by atoms with Crippen molar-refractivity contribution in [2.24, 2.45) is 0 Å². The standard InChI is InChI=1S/C24H22F3N5O2/c1-31(2)18-12-21-23(29-15-30-32(21)14-18)34-20-8-4-16(5-9-20)11-19(33)7-3-17-6-10-22(28-13-17)24(25,26)27/h4-6,8-10,12-15H,3,7,11H2,1-2H3. The van der Waals surface area contributed by atoms with Crippen LogP contribution in [0.15, 0.2) is 61.2 Å². The van der Waals surface area contributed by atoms with Crippen molar-refractivity contribution in [2.75, 3.05) is 19.0 Å². The Bertz CT molecular complexity index is 1280.